The number of nitrogens with zero attached hydrogens (tertiary/aromatic N) is 3. The van der Waals surface area contributed by atoms with Gasteiger partial charge in [-0.2, -0.15) is 0 Å². The zero-order chi connectivity index (χ0) is 20.5. The van der Waals surface area contributed by atoms with E-state index in [4.69, 9.17) is 4.74 Å². The number of halogens is 1. The topological polar surface area (TPSA) is 63.1 Å². The Kier molecular flexibility index (Phi) is 5.30. The van der Waals surface area contributed by atoms with Crippen molar-refractivity contribution in [1.82, 2.24) is 14.5 Å². The van der Waals surface area contributed by atoms with E-state index in [-0.39, 0.29) is 5.56 Å². The van der Waals surface area contributed by atoms with E-state index in [0.29, 0.717) is 6.54 Å². The number of aromatic nitrogens is 3. The van der Waals surface area contributed by atoms with Gasteiger partial charge in [0.25, 0.3) is 5.56 Å². The van der Waals surface area contributed by atoms with Crippen LogP contribution in [0.4, 0.5) is 5.69 Å². The molecule has 1 aromatic carbocycles. The van der Waals surface area contributed by atoms with E-state index in [2.05, 4.69) is 49.6 Å². The standard InChI is InChI=1S/C23H21IN4O2/c24-18-3-1-2-16(10-18)15-28-5-4-17(11-22(28)29)21-14-26-23-20(21)12-19(13-25-23)27-6-8-30-9-7-27/h1-5,10-14H,6-9,15H2,(H,25,26). The Morgan fingerprint density at radius 3 is 2.80 bits per heavy atom. The number of morpholine rings is 1. The van der Waals surface area contributed by atoms with Crippen LogP contribution in [0.15, 0.2) is 65.8 Å². The van der Waals surface area contributed by atoms with Gasteiger partial charge in [0.2, 0.25) is 0 Å². The molecule has 152 valence electrons. The average molecular weight is 512 g/mol. The van der Waals surface area contributed by atoms with Crippen molar-refractivity contribution < 1.29 is 4.74 Å². The van der Waals surface area contributed by atoms with Crippen LogP contribution >= 0.6 is 22.6 Å². The first-order chi connectivity index (χ1) is 14.7. The van der Waals surface area contributed by atoms with Crippen molar-refractivity contribution in [2.24, 2.45) is 0 Å². The van der Waals surface area contributed by atoms with Crippen LogP contribution < -0.4 is 10.5 Å². The molecule has 1 N–H and O–H groups in total. The van der Waals surface area contributed by atoms with E-state index in [9.17, 15) is 4.79 Å². The highest BCUT2D eigenvalue weighted by atomic mass is 127. The molecule has 0 bridgehead atoms. The Morgan fingerprint density at radius 2 is 2.00 bits per heavy atom. The van der Waals surface area contributed by atoms with E-state index >= 15 is 0 Å². The van der Waals surface area contributed by atoms with Crippen LogP contribution in [-0.2, 0) is 11.3 Å². The lowest BCUT2D eigenvalue weighted by molar-refractivity contribution is 0.122. The van der Waals surface area contributed by atoms with Gasteiger partial charge in [-0.1, -0.05) is 12.1 Å². The highest BCUT2D eigenvalue weighted by Crippen LogP contribution is 2.30. The summed E-state index contributed by atoms with van der Waals surface area (Å²) in [7, 11) is 0. The summed E-state index contributed by atoms with van der Waals surface area (Å²) in [5.74, 6) is 0. The zero-order valence-corrected chi connectivity index (χ0v) is 18.5. The molecule has 0 unspecified atom stereocenters. The number of benzene rings is 1. The van der Waals surface area contributed by atoms with Crippen LogP contribution in [0.1, 0.15) is 5.56 Å². The third-order valence-corrected chi connectivity index (χ3v) is 6.11. The molecular formula is C23H21IN4O2. The van der Waals surface area contributed by atoms with Crippen molar-refractivity contribution in [3.63, 3.8) is 0 Å². The third kappa shape index (κ3) is 3.87. The largest absolute Gasteiger partial charge is 0.378 e. The second-order valence-corrected chi connectivity index (χ2v) is 8.65. The SMILES string of the molecule is O=c1cc(-c2c[nH]c3ncc(N4CCOCC4)cc23)ccn1Cc1cccc(I)c1. The van der Waals surface area contributed by atoms with Gasteiger partial charge < -0.3 is 19.2 Å². The molecule has 1 fully saturated rings. The zero-order valence-electron chi connectivity index (χ0n) is 16.3. The number of ether oxygens (including phenoxy) is 1. The normalized spacial score (nSPS) is 14.4. The van der Waals surface area contributed by atoms with Crippen LogP contribution in [-0.4, -0.2) is 40.8 Å². The molecule has 0 atom stereocenters. The second kappa shape index (κ2) is 8.23. The van der Waals surface area contributed by atoms with Crippen molar-refractivity contribution in [2.75, 3.05) is 31.2 Å². The van der Waals surface area contributed by atoms with Crippen LogP contribution in [0.2, 0.25) is 0 Å². The van der Waals surface area contributed by atoms with E-state index in [0.717, 1.165) is 63.3 Å². The molecular weight excluding hydrogens is 491 g/mol. The smallest absolute Gasteiger partial charge is 0.251 e. The minimum absolute atomic E-state index is 0.0157. The Balaban J connectivity index is 1.47. The molecule has 30 heavy (non-hydrogen) atoms. The lowest BCUT2D eigenvalue weighted by Crippen LogP contribution is -2.36. The van der Waals surface area contributed by atoms with Crippen LogP contribution in [0.3, 0.4) is 0 Å². The maximum Gasteiger partial charge on any atom is 0.251 e. The van der Waals surface area contributed by atoms with Gasteiger partial charge in [-0.15, -0.1) is 0 Å². The fraction of sp³-hybridized carbons (Fsp3) is 0.217. The molecule has 6 nitrogen and oxygen atoms in total. The van der Waals surface area contributed by atoms with Gasteiger partial charge in [0, 0.05) is 46.1 Å². The number of H-pyrrole nitrogens is 1. The Hall–Kier alpha value is -2.65. The maximum atomic E-state index is 12.8. The molecule has 1 aliphatic heterocycles. The van der Waals surface area contributed by atoms with Crippen molar-refractivity contribution in [2.45, 2.75) is 6.54 Å². The van der Waals surface area contributed by atoms with Crippen molar-refractivity contribution in [3.05, 3.63) is 80.5 Å². The van der Waals surface area contributed by atoms with Gasteiger partial charge in [-0.25, -0.2) is 4.98 Å². The lowest BCUT2D eigenvalue weighted by atomic mass is 10.1. The molecule has 5 rings (SSSR count). The van der Waals surface area contributed by atoms with Crippen LogP contribution in [0, 0.1) is 3.57 Å². The fourth-order valence-corrected chi connectivity index (χ4v) is 4.47. The lowest BCUT2D eigenvalue weighted by Gasteiger charge is -2.28. The first-order valence-corrected chi connectivity index (χ1v) is 11.0. The van der Waals surface area contributed by atoms with Gasteiger partial charge in [-0.05, 0) is 58.0 Å². The fourth-order valence-electron chi connectivity index (χ4n) is 3.86. The van der Waals surface area contributed by atoms with Crippen molar-refractivity contribution >= 4 is 39.3 Å². The summed E-state index contributed by atoms with van der Waals surface area (Å²) >= 11 is 2.29. The quantitative estimate of drug-likeness (QED) is 0.422. The predicted octanol–water partition coefficient (Wildman–Crippen LogP) is 3.88. The summed E-state index contributed by atoms with van der Waals surface area (Å²) in [6, 6.07) is 14.1. The average Bonchev–Trinajstić information content (AvgIpc) is 3.19. The number of pyridine rings is 2. The molecule has 0 radical (unpaired) electrons. The molecule has 4 heterocycles. The predicted molar refractivity (Wildman–Crippen MR) is 127 cm³/mol. The molecule has 3 aromatic heterocycles. The summed E-state index contributed by atoms with van der Waals surface area (Å²) in [6.07, 6.45) is 5.70. The second-order valence-electron chi connectivity index (χ2n) is 7.40. The minimum atomic E-state index is -0.0157. The molecule has 0 aliphatic carbocycles. The van der Waals surface area contributed by atoms with E-state index in [1.165, 1.54) is 0 Å². The monoisotopic (exact) mass is 512 g/mol. The summed E-state index contributed by atoms with van der Waals surface area (Å²) in [5, 5.41) is 1.02. The van der Waals surface area contributed by atoms with Crippen molar-refractivity contribution in [1.29, 1.82) is 0 Å². The first-order valence-electron chi connectivity index (χ1n) is 9.92. The highest BCUT2D eigenvalue weighted by Gasteiger charge is 2.15. The molecule has 7 heteroatoms. The number of nitrogens with one attached hydrogen (secondary N) is 1. The summed E-state index contributed by atoms with van der Waals surface area (Å²) < 4.78 is 8.36. The summed E-state index contributed by atoms with van der Waals surface area (Å²) in [4.78, 5) is 22.9. The maximum absolute atomic E-state index is 12.8. The number of anilines is 1. The van der Waals surface area contributed by atoms with Gasteiger partial charge in [-0.3, -0.25) is 4.79 Å². The summed E-state index contributed by atoms with van der Waals surface area (Å²) in [5.41, 5.74) is 4.89. The van der Waals surface area contributed by atoms with E-state index in [1.807, 2.05) is 42.9 Å². The third-order valence-electron chi connectivity index (χ3n) is 5.44. The Bertz CT molecular complexity index is 1260. The van der Waals surface area contributed by atoms with Gasteiger partial charge in [0.15, 0.2) is 0 Å². The number of hydrogen-bond donors (Lipinski definition) is 1. The number of rotatable bonds is 4. The minimum Gasteiger partial charge on any atom is -0.378 e. The molecule has 0 amide bonds. The molecule has 4 aromatic rings. The number of hydrogen-bond acceptors (Lipinski definition) is 4. The highest BCUT2D eigenvalue weighted by molar-refractivity contribution is 14.1. The van der Waals surface area contributed by atoms with Gasteiger partial charge in [0.1, 0.15) is 5.65 Å². The van der Waals surface area contributed by atoms with E-state index < -0.39 is 0 Å². The Morgan fingerprint density at radius 1 is 1.13 bits per heavy atom. The van der Waals surface area contributed by atoms with Gasteiger partial charge in [0.05, 0.1) is 31.6 Å². The molecule has 1 aliphatic rings. The number of fused-ring (bicyclic) bond motifs is 1. The Labute approximate surface area is 187 Å². The van der Waals surface area contributed by atoms with Gasteiger partial charge >= 0.3 is 0 Å². The summed E-state index contributed by atoms with van der Waals surface area (Å²) in [6.45, 7) is 3.75. The first kappa shape index (κ1) is 19.3. The molecule has 0 saturated carbocycles. The van der Waals surface area contributed by atoms with Crippen molar-refractivity contribution in [3.8, 4) is 11.1 Å². The van der Waals surface area contributed by atoms with Crippen LogP contribution in [0.5, 0.6) is 0 Å². The van der Waals surface area contributed by atoms with Crippen LogP contribution in [0.25, 0.3) is 22.2 Å². The van der Waals surface area contributed by atoms with E-state index in [1.54, 1.807) is 10.6 Å². The molecule has 0 spiro atoms. The number of aromatic amines is 1. The molecule has 1 saturated heterocycles.